The molecule has 0 bridgehead atoms. The van der Waals surface area contributed by atoms with E-state index in [9.17, 15) is 22.8 Å². The lowest BCUT2D eigenvalue weighted by atomic mass is 10.1. The number of carbonyl (C=O) groups is 2. The van der Waals surface area contributed by atoms with Gasteiger partial charge >= 0.3 is 18.1 Å². The van der Waals surface area contributed by atoms with Gasteiger partial charge in [0.25, 0.3) is 0 Å². The van der Waals surface area contributed by atoms with Crippen molar-refractivity contribution in [1.82, 2.24) is 0 Å². The molecule has 7 nitrogen and oxygen atoms in total. The van der Waals surface area contributed by atoms with E-state index in [4.69, 9.17) is 18.9 Å². The molecule has 10 heteroatoms. The fourth-order valence-corrected chi connectivity index (χ4v) is 2.58. The molecule has 1 aliphatic heterocycles. The topological polar surface area (TPSA) is 74.3 Å². The van der Waals surface area contributed by atoms with Gasteiger partial charge in [-0.2, -0.15) is 13.2 Å². The Kier molecular flexibility index (Phi) is 7.65. The molecule has 0 spiro atoms. The number of benzene rings is 1. The molecule has 0 aromatic heterocycles. The summed E-state index contributed by atoms with van der Waals surface area (Å²) in [5, 5.41) is 0. The first-order valence-corrected chi connectivity index (χ1v) is 8.62. The number of methoxy groups -OCH3 is 3. The zero-order valence-electron chi connectivity index (χ0n) is 16.5. The number of carbonyl (C=O) groups excluding carboxylic acids is 2. The fraction of sp³-hybridized carbons (Fsp3) is 0.300. The van der Waals surface area contributed by atoms with Crippen LogP contribution >= 0.6 is 0 Å². The number of allylic oxidation sites excluding steroid dienone is 2. The largest absolute Gasteiger partial charge is 0.491 e. The molecule has 1 aliphatic rings. The van der Waals surface area contributed by atoms with Crippen LogP contribution in [0.2, 0.25) is 0 Å². The van der Waals surface area contributed by atoms with Gasteiger partial charge in [0.2, 0.25) is 0 Å². The molecule has 0 radical (unpaired) electrons. The number of hydrogen-bond donors (Lipinski definition) is 0. The zero-order valence-corrected chi connectivity index (χ0v) is 16.5. The molecule has 30 heavy (non-hydrogen) atoms. The first-order chi connectivity index (χ1) is 14.2. The van der Waals surface area contributed by atoms with Gasteiger partial charge in [-0.05, 0) is 24.3 Å². The summed E-state index contributed by atoms with van der Waals surface area (Å²) in [6.45, 7) is 0.181. The van der Waals surface area contributed by atoms with Crippen LogP contribution < -0.4 is 9.64 Å². The number of esters is 2. The Morgan fingerprint density at radius 1 is 0.967 bits per heavy atom. The smallest absolute Gasteiger partial charge is 0.416 e. The van der Waals surface area contributed by atoms with E-state index in [1.807, 2.05) is 0 Å². The summed E-state index contributed by atoms with van der Waals surface area (Å²) < 4.78 is 60.0. The van der Waals surface area contributed by atoms with Crippen LogP contribution in [0.3, 0.4) is 0 Å². The maximum absolute atomic E-state index is 13.5. The second-order valence-electron chi connectivity index (χ2n) is 5.87. The summed E-state index contributed by atoms with van der Waals surface area (Å²) in [5.41, 5.74) is -1.56. The summed E-state index contributed by atoms with van der Waals surface area (Å²) in [4.78, 5) is 25.7. The van der Waals surface area contributed by atoms with Gasteiger partial charge in [0.1, 0.15) is 18.1 Å². The van der Waals surface area contributed by atoms with Crippen molar-refractivity contribution >= 4 is 17.6 Å². The number of ether oxygens (including phenoxy) is 4. The maximum atomic E-state index is 13.5. The van der Waals surface area contributed by atoms with Crippen molar-refractivity contribution in [3.8, 4) is 5.75 Å². The van der Waals surface area contributed by atoms with Crippen molar-refractivity contribution in [2.45, 2.75) is 6.18 Å². The number of anilines is 1. The van der Waals surface area contributed by atoms with Crippen LogP contribution in [-0.4, -0.2) is 46.5 Å². The van der Waals surface area contributed by atoms with Crippen LogP contribution in [0.4, 0.5) is 18.9 Å². The van der Waals surface area contributed by atoms with E-state index in [1.165, 1.54) is 37.6 Å². The first-order valence-electron chi connectivity index (χ1n) is 8.62. The number of hydrogen-bond acceptors (Lipinski definition) is 7. The Morgan fingerprint density at radius 2 is 1.67 bits per heavy atom. The summed E-state index contributed by atoms with van der Waals surface area (Å²) >= 11 is 0. The highest BCUT2D eigenvalue weighted by Crippen LogP contribution is 2.37. The Bertz CT molecular complexity index is 889. The van der Waals surface area contributed by atoms with Crippen molar-refractivity contribution < 1.29 is 41.7 Å². The van der Waals surface area contributed by atoms with Gasteiger partial charge in [-0.25, -0.2) is 9.59 Å². The van der Waals surface area contributed by atoms with E-state index >= 15 is 0 Å². The van der Waals surface area contributed by atoms with E-state index in [1.54, 1.807) is 0 Å². The minimum atomic E-state index is -4.68. The molecule has 0 aliphatic carbocycles. The third kappa shape index (κ3) is 5.41. The third-order valence-corrected chi connectivity index (χ3v) is 3.94. The number of nitrogens with zero attached hydrogens (tertiary/aromatic N) is 1. The van der Waals surface area contributed by atoms with Crippen LogP contribution in [-0.2, 0) is 30.0 Å². The minimum absolute atomic E-state index is 0.0156. The van der Waals surface area contributed by atoms with Gasteiger partial charge in [0.05, 0.1) is 37.7 Å². The highest BCUT2D eigenvalue weighted by Gasteiger charge is 2.34. The maximum Gasteiger partial charge on any atom is 0.416 e. The molecule has 1 aromatic rings. The van der Waals surface area contributed by atoms with E-state index in [-0.39, 0.29) is 35.9 Å². The molecular weight excluding hydrogens is 407 g/mol. The van der Waals surface area contributed by atoms with Crippen LogP contribution in [0.5, 0.6) is 5.75 Å². The molecule has 0 amide bonds. The van der Waals surface area contributed by atoms with E-state index in [2.05, 4.69) is 0 Å². The van der Waals surface area contributed by atoms with Crippen molar-refractivity contribution in [3.63, 3.8) is 0 Å². The Labute approximate surface area is 170 Å². The van der Waals surface area contributed by atoms with E-state index in [0.717, 1.165) is 31.3 Å². The number of rotatable bonds is 7. The van der Waals surface area contributed by atoms with E-state index in [0.29, 0.717) is 0 Å². The zero-order chi connectivity index (χ0) is 22.3. The molecule has 0 saturated heterocycles. The second kappa shape index (κ2) is 9.97. The second-order valence-corrected chi connectivity index (χ2v) is 5.87. The minimum Gasteiger partial charge on any atom is -0.491 e. The normalized spacial score (nSPS) is 13.9. The molecule has 0 N–H and O–H groups in total. The fourth-order valence-electron chi connectivity index (χ4n) is 2.58. The molecule has 0 unspecified atom stereocenters. The molecule has 0 fully saturated rings. The van der Waals surface area contributed by atoms with Crippen molar-refractivity contribution in [1.29, 1.82) is 0 Å². The van der Waals surface area contributed by atoms with Crippen molar-refractivity contribution in [2.75, 3.05) is 39.4 Å². The molecule has 1 heterocycles. The Hall–Kier alpha value is -3.27. The highest BCUT2D eigenvalue weighted by molar-refractivity contribution is 6.05. The average Bonchev–Trinajstić information content (AvgIpc) is 2.95. The molecule has 0 atom stereocenters. The average molecular weight is 427 g/mol. The lowest BCUT2D eigenvalue weighted by Crippen LogP contribution is -2.27. The molecular formula is C20H20F3NO6. The van der Waals surface area contributed by atoms with Crippen LogP contribution in [0.15, 0.2) is 53.9 Å². The molecule has 1 aromatic carbocycles. The monoisotopic (exact) mass is 427 g/mol. The summed E-state index contributed by atoms with van der Waals surface area (Å²) in [5.74, 6) is -1.89. The third-order valence-electron chi connectivity index (χ3n) is 3.94. The predicted molar refractivity (Wildman–Crippen MR) is 101 cm³/mol. The van der Waals surface area contributed by atoms with Crippen LogP contribution in [0.25, 0.3) is 0 Å². The van der Waals surface area contributed by atoms with Gasteiger partial charge in [-0.1, -0.05) is 6.08 Å². The standard InChI is InChI=1S/C20H20F3NO6/c1-27-8-9-30-15-11-13(20(21,22)23)10-14(12-15)24-7-5-4-6-16(18(25)28-2)17(24)19(26)29-3/h4-7,10-12H,8-9H2,1-3H3. The van der Waals surface area contributed by atoms with E-state index < -0.39 is 23.7 Å². The lowest BCUT2D eigenvalue weighted by molar-refractivity contribution is -0.139. The predicted octanol–water partition coefficient (Wildman–Crippen LogP) is 3.22. The van der Waals surface area contributed by atoms with Crippen molar-refractivity contribution in [3.05, 3.63) is 59.5 Å². The summed E-state index contributed by atoms with van der Waals surface area (Å²) in [6, 6.07) is 2.97. The first kappa shape index (κ1) is 23.0. The number of alkyl halides is 3. The Balaban J connectivity index is 2.66. The molecule has 162 valence electrons. The quantitative estimate of drug-likeness (QED) is 0.489. The van der Waals surface area contributed by atoms with Crippen LogP contribution in [0.1, 0.15) is 5.56 Å². The summed E-state index contributed by atoms with van der Waals surface area (Å²) in [7, 11) is 3.64. The van der Waals surface area contributed by atoms with Gasteiger partial charge in [-0.15, -0.1) is 0 Å². The molecule has 2 rings (SSSR count). The summed E-state index contributed by atoms with van der Waals surface area (Å²) in [6.07, 6.45) is 0.845. The number of halogens is 3. The lowest BCUT2D eigenvalue weighted by Gasteiger charge is -2.24. The molecule has 0 saturated carbocycles. The SMILES string of the molecule is COCCOc1cc(N2C=CC=CC(C(=O)OC)=C2C(=O)OC)cc(C(F)(F)F)c1. The van der Waals surface area contributed by atoms with Gasteiger partial charge in [0, 0.05) is 19.4 Å². The highest BCUT2D eigenvalue weighted by atomic mass is 19.4. The van der Waals surface area contributed by atoms with Gasteiger partial charge in [0.15, 0.2) is 0 Å². The van der Waals surface area contributed by atoms with Gasteiger partial charge in [-0.3, -0.25) is 0 Å². The van der Waals surface area contributed by atoms with Crippen molar-refractivity contribution in [2.24, 2.45) is 0 Å². The van der Waals surface area contributed by atoms with Gasteiger partial charge < -0.3 is 23.8 Å². The Morgan fingerprint density at radius 3 is 2.27 bits per heavy atom. The van der Waals surface area contributed by atoms with Crippen LogP contribution in [0, 0.1) is 0 Å².